The number of carbonyl (C=O) groups excluding carboxylic acids is 1. The lowest BCUT2D eigenvalue weighted by atomic mass is 10.2. The smallest absolute Gasteiger partial charge is 0.225 e. The molecule has 3 N–H and O–H groups in total. The molecule has 0 saturated heterocycles. The fourth-order valence-electron chi connectivity index (χ4n) is 1.35. The summed E-state index contributed by atoms with van der Waals surface area (Å²) in [5.41, 5.74) is 7.22. The SMILES string of the molecule is CCS(=O)CCC(=O)Nc1cccc(CN)c1. The maximum absolute atomic E-state index is 11.6. The summed E-state index contributed by atoms with van der Waals surface area (Å²) >= 11 is 0. The molecule has 0 spiro atoms. The molecule has 1 atom stereocenters. The number of amides is 1. The van der Waals surface area contributed by atoms with Crippen molar-refractivity contribution in [3.63, 3.8) is 0 Å². The number of carbonyl (C=O) groups is 1. The van der Waals surface area contributed by atoms with E-state index in [1.54, 1.807) is 0 Å². The van der Waals surface area contributed by atoms with Crippen molar-refractivity contribution in [2.24, 2.45) is 5.73 Å². The van der Waals surface area contributed by atoms with Crippen LogP contribution in [0.5, 0.6) is 0 Å². The lowest BCUT2D eigenvalue weighted by molar-refractivity contribution is -0.115. The number of benzene rings is 1. The van der Waals surface area contributed by atoms with E-state index in [-0.39, 0.29) is 12.3 Å². The van der Waals surface area contributed by atoms with Crippen LogP contribution in [0.15, 0.2) is 24.3 Å². The van der Waals surface area contributed by atoms with E-state index in [1.807, 2.05) is 31.2 Å². The van der Waals surface area contributed by atoms with Gasteiger partial charge < -0.3 is 11.1 Å². The fourth-order valence-corrected chi connectivity index (χ4v) is 2.05. The van der Waals surface area contributed by atoms with E-state index in [2.05, 4.69) is 5.32 Å². The molecule has 1 aromatic carbocycles. The van der Waals surface area contributed by atoms with Crippen molar-refractivity contribution in [2.45, 2.75) is 19.9 Å². The second kappa shape index (κ2) is 7.19. The van der Waals surface area contributed by atoms with E-state index in [0.717, 1.165) is 11.3 Å². The molecule has 4 nitrogen and oxygen atoms in total. The van der Waals surface area contributed by atoms with Gasteiger partial charge in [0.15, 0.2) is 0 Å². The van der Waals surface area contributed by atoms with Crippen molar-refractivity contribution in [2.75, 3.05) is 16.8 Å². The van der Waals surface area contributed by atoms with E-state index in [4.69, 9.17) is 5.73 Å². The predicted octanol–water partition coefficient (Wildman–Crippen LogP) is 1.24. The van der Waals surface area contributed by atoms with Crippen LogP contribution in [0.25, 0.3) is 0 Å². The molecule has 0 saturated carbocycles. The highest BCUT2D eigenvalue weighted by atomic mass is 32.2. The molecule has 0 radical (unpaired) electrons. The van der Waals surface area contributed by atoms with E-state index in [0.29, 0.717) is 18.1 Å². The zero-order valence-corrected chi connectivity index (χ0v) is 10.8. The van der Waals surface area contributed by atoms with Gasteiger partial charge in [0.1, 0.15) is 0 Å². The Morgan fingerprint density at radius 3 is 2.88 bits per heavy atom. The third kappa shape index (κ3) is 5.10. The highest BCUT2D eigenvalue weighted by Gasteiger charge is 2.05. The van der Waals surface area contributed by atoms with Crippen LogP contribution < -0.4 is 11.1 Å². The van der Waals surface area contributed by atoms with E-state index < -0.39 is 10.8 Å². The second-order valence-corrected chi connectivity index (χ2v) is 5.50. The Bertz CT molecular complexity index is 407. The summed E-state index contributed by atoms with van der Waals surface area (Å²) in [4.78, 5) is 11.6. The van der Waals surface area contributed by atoms with Crippen molar-refractivity contribution >= 4 is 22.4 Å². The average molecular weight is 254 g/mol. The molecule has 5 heteroatoms. The zero-order chi connectivity index (χ0) is 12.7. The first-order chi connectivity index (χ1) is 8.15. The first-order valence-electron chi connectivity index (χ1n) is 5.59. The molecule has 0 fully saturated rings. The molecule has 0 heterocycles. The average Bonchev–Trinajstić information content (AvgIpc) is 2.36. The Morgan fingerprint density at radius 1 is 1.47 bits per heavy atom. The molecule has 0 aliphatic heterocycles. The molecule has 0 bridgehead atoms. The number of rotatable bonds is 6. The normalized spacial score (nSPS) is 12.1. The Labute approximate surface area is 104 Å². The highest BCUT2D eigenvalue weighted by molar-refractivity contribution is 7.84. The summed E-state index contributed by atoms with van der Waals surface area (Å²) < 4.78 is 11.2. The van der Waals surface area contributed by atoms with Crippen LogP contribution in [0.2, 0.25) is 0 Å². The maximum atomic E-state index is 11.6. The molecule has 1 rings (SSSR count). The third-order valence-electron chi connectivity index (χ3n) is 2.33. The lowest BCUT2D eigenvalue weighted by Gasteiger charge is -2.06. The first kappa shape index (κ1) is 13.9. The molecule has 0 aliphatic rings. The number of hydrogen-bond donors (Lipinski definition) is 2. The van der Waals surface area contributed by atoms with Gasteiger partial charge in [-0.3, -0.25) is 9.00 Å². The van der Waals surface area contributed by atoms with Gasteiger partial charge in [0.2, 0.25) is 5.91 Å². The zero-order valence-electron chi connectivity index (χ0n) is 9.94. The minimum atomic E-state index is -0.892. The summed E-state index contributed by atoms with van der Waals surface area (Å²) in [5, 5.41) is 2.77. The van der Waals surface area contributed by atoms with Gasteiger partial charge in [-0.2, -0.15) is 0 Å². The van der Waals surface area contributed by atoms with Crippen molar-refractivity contribution in [3.05, 3.63) is 29.8 Å². The van der Waals surface area contributed by atoms with Gasteiger partial charge in [-0.1, -0.05) is 19.1 Å². The molecular weight excluding hydrogens is 236 g/mol. The topological polar surface area (TPSA) is 72.2 Å². The number of hydrogen-bond acceptors (Lipinski definition) is 3. The van der Waals surface area contributed by atoms with Gasteiger partial charge >= 0.3 is 0 Å². The number of nitrogens with two attached hydrogens (primary N) is 1. The van der Waals surface area contributed by atoms with Gasteiger partial charge in [0, 0.05) is 41.0 Å². The van der Waals surface area contributed by atoms with Crippen molar-refractivity contribution in [1.29, 1.82) is 0 Å². The molecule has 0 aliphatic carbocycles. The quantitative estimate of drug-likeness (QED) is 0.802. The summed E-state index contributed by atoms with van der Waals surface area (Å²) in [5.74, 6) is 0.899. The second-order valence-electron chi connectivity index (χ2n) is 3.64. The van der Waals surface area contributed by atoms with Crippen LogP contribution >= 0.6 is 0 Å². The molecule has 1 aromatic rings. The first-order valence-corrected chi connectivity index (χ1v) is 7.08. The van der Waals surface area contributed by atoms with Crippen LogP contribution in [0.1, 0.15) is 18.9 Å². The molecule has 1 amide bonds. The summed E-state index contributed by atoms with van der Waals surface area (Å²) in [6.07, 6.45) is 0.285. The maximum Gasteiger partial charge on any atom is 0.225 e. The van der Waals surface area contributed by atoms with E-state index >= 15 is 0 Å². The molecule has 1 unspecified atom stereocenters. The largest absolute Gasteiger partial charge is 0.326 e. The minimum Gasteiger partial charge on any atom is -0.326 e. The summed E-state index contributed by atoms with van der Waals surface area (Å²) in [6.45, 7) is 2.29. The lowest BCUT2D eigenvalue weighted by Crippen LogP contribution is -2.15. The molecule has 94 valence electrons. The van der Waals surface area contributed by atoms with Gasteiger partial charge in [-0.15, -0.1) is 0 Å². The van der Waals surface area contributed by atoms with E-state index in [1.165, 1.54) is 0 Å². The molecule has 0 aromatic heterocycles. The van der Waals surface area contributed by atoms with E-state index in [9.17, 15) is 9.00 Å². The highest BCUT2D eigenvalue weighted by Crippen LogP contribution is 2.10. The van der Waals surface area contributed by atoms with Crippen molar-refractivity contribution in [3.8, 4) is 0 Å². The Hall–Kier alpha value is -1.20. The van der Waals surface area contributed by atoms with Crippen molar-refractivity contribution < 1.29 is 9.00 Å². The fraction of sp³-hybridized carbons (Fsp3) is 0.417. The Morgan fingerprint density at radius 2 is 2.24 bits per heavy atom. The summed E-state index contributed by atoms with van der Waals surface area (Å²) in [6, 6.07) is 7.41. The Kier molecular flexibility index (Phi) is 5.86. The summed E-state index contributed by atoms with van der Waals surface area (Å²) in [7, 11) is -0.892. The number of nitrogens with one attached hydrogen (secondary N) is 1. The Balaban J connectivity index is 2.47. The number of anilines is 1. The molecular formula is C12H18N2O2S. The van der Waals surface area contributed by atoms with Crippen LogP contribution in [0.3, 0.4) is 0 Å². The minimum absolute atomic E-state index is 0.110. The van der Waals surface area contributed by atoms with Crippen LogP contribution in [0.4, 0.5) is 5.69 Å². The standard InChI is InChI=1S/C12H18N2O2S/c1-2-17(16)7-6-12(15)14-11-5-3-4-10(8-11)9-13/h3-5,8H,2,6-7,9,13H2,1H3,(H,14,15). The van der Waals surface area contributed by atoms with Crippen LogP contribution in [0, 0.1) is 0 Å². The van der Waals surface area contributed by atoms with Crippen LogP contribution in [-0.4, -0.2) is 21.6 Å². The predicted molar refractivity (Wildman–Crippen MR) is 71.1 cm³/mol. The van der Waals surface area contributed by atoms with Gasteiger partial charge in [-0.25, -0.2) is 0 Å². The third-order valence-corrected chi connectivity index (χ3v) is 3.63. The monoisotopic (exact) mass is 254 g/mol. The van der Waals surface area contributed by atoms with Gasteiger partial charge in [0.25, 0.3) is 0 Å². The van der Waals surface area contributed by atoms with Crippen molar-refractivity contribution in [1.82, 2.24) is 0 Å². The molecule has 17 heavy (non-hydrogen) atoms. The van der Waals surface area contributed by atoms with Gasteiger partial charge in [-0.05, 0) is 17.7 Å². The van der Waals surface area contributed by atoms with Crippen LogP contribution in [-0.2, 0) is 22.1 Å². The van der Waals surface area contributed by atoms with Gasteiger partial charge in [0.05, 0.1) is 0 Å².